The van der Waals surface area contributed by atoms with Crippen molar-refractivity contribution < 1.29 is 0 Å². The van der Waals surface area contributed by atoms with Crippen LogP contribution in [0.4, 0.5) is 0 Å². The minimum Gasteiger partial charge on any atom is -0.246 e. The van der Waals surface area contributed by atoms with Gasteiger partial charge < -0.3 is 0 Å². The van der Waals surface area contributed by atoms with E-state index in [9.17, 15) is 0 Å². The molecule has 16 heavy (non-hydrogen) atoms. The van der Waals surface area contributed by atoms with E-state index in [-0.39, 0.29) is 5.41 Å². The van der Waals surface area contributed by atoms with Crippen molar-refractivity contribution in [3.63, 3.8) is 0 Å². The molecule has 1 saturated carbocycles. The Bertz CT molecular complexity index is 353. The van der Waals surface area contributed by atoms with E-state index in [1.54, 1.807) is 11.3 Å². The Kier molecular flexibility index (Phi) is 3.60. The standard InChI is InChI=1S/C13H20ClNS/c1-13(2,3)11-8-16-12(15-11)7-9-5-4-6-10(9)14/h8-10H,4-7H2,1-3H3. The Labute approximate surface area is 107 Å². The van der Waals surface area contributed by atoms with E-state index in [2.05, 4.69) is 26.2 Å². The fraction of sp³-hybridized carbons (Fsp3) is 0.769. The normalized spacial score (nSPS) is 26.2. The molecule has 1 aromatic heterocycles. The lowest BCUT2D eigenvalue weighted by atomic mass is 9.93. The zero-order valence-corrected chi connectivity index (χ0v) is 11.9. The second-order valence-electron chi connectivity index (χ2n) is 5.79. The van der Waals surface area contributed by atoms with Crippen LogP contribution in [0.3, 0.4) is 0 Å². The first kappa shape index (κ1) is 12.4. The van der Waals surface area contributed by atoms with Crippen molar-refractivity contribution in [2.24, 2.45) is 5.92 Å². The molecule has 1 fully saturated rings. The maximum atomic E-state index is 6.30. The predicted molar refractivity (Wildman–Crippen MR) is 71.5 cm³/mol. The smallest absolute Gasteiger partial charge is 0.0931 e. The van der Waals surface area contributed by atoms with Gasteiger partial charge in [0.2, 0.25) is 0 Å². The monoisotopic (exact) mass is 257 g/mol. The number of alkyl halides is 1. The summed E-state index contributed by atoms with van der Waals surface area (Å²) in [4.78, 5) is 4.74. The second-order valence-corrected chi connectivity index (χ2v) is 7.29. The molecule has 0 amide bonds. The lowest BCUT2D eigenvalue weighted by molar-refractivity contribution is 0.539. The van der Waals surface area contributed by atoms with Gasteiger partial charge in [0.25, 0.3) is 0 Å². The molecule has 1 heterocycles. The predicted octanol–water partition coefficient (Wildman–Crippen LogP) is 4.39. The molecule has 0 radical (unpaired) electrons. The molecule has 0 N–H and O–H groups in total. The molecule has 2 unspecified atom stereocenters. The van der Waals surface area contributed by atoms with Gasteiger partial charge in [0.15, 0.2) is 0 Å². The van der Waals surface area contributed by atoms with Crippen molar-refractivity contribution >= 4 is 22.9 Å². The van der Waals surface area contributed by atoms with Gasteiger partial charge in [-0.1, -0.05) is 27.2 Å². The van der Waals surface area contributed by atoms with Crippen LogP contribution in [0, 0.1) is 5.92 Å². The molecule has 0 saturated heterocycles. The highest BCUT2D eigenvalue weighted by molar-refractivity contribution is 7.09. The van der Waals surface area contributed by atoms with E-state index < -0.39 is 0 Å². The molecule has 1 aliphatic carbocycles. The van der Waals surface area contributed by atoms with Crippen molar-refractivity contribution in [2.45, 2.75) is 57.2 Å². The molecule has 0 aromatic carbocycles. The van der Waals surface area contributed by atoms with E-state index >= 15 is 0 Å². The molecule has 3 heteroatoms. The molecule has 2 rings (SSSR count). The molecular formula is C13H20ClNS. The van der Waals surface area contributed by atoms with Crippen LogP contribution in [-0.2, 0) is 11.8 Å². The summed E-state index contributed by atoms with van der Waals surface area (Å²) < 4.78 is 0. The van der Waals surface area contributed by atoms with Crippen LogP contribution in [0.5, 0.6) is 0 Å². The summed E-state index contributed by atoms with van der Waals surface area (Å²) in [6, 6.07) is 0. The number of hydrogen-bond acceptors (Lipinski definition) is 2. The van der Waals surface area contributed by atoms with Crippen molar-refractivity contribution in [3.05, 3.63) is 16.1 Å². The molecule has 1 aromatic rings. The summed E-state index contributed by atoms with van der Waals surface area (Å²) in [7, 11) is 0. The summed E-state index contributed by atoms with van der Waals surface area (Å²) in [5.74, 6) is 0.653. The lowest BCUT2D eigenvalue weighted by Gasteiger charge is -2.15. The highest BCUT2D eigenvalue weighted by Gasteiger charge is 2.27. The first-order valence-electron chi connectivity index (χ1n) is 6.06. The maximum Gasteiger partial charge on any atom is 0.0931 e. The lowest BCUT2D eigenvalue weighted by Crippen LogP contribution is -2.13. The van der Waals surface area contributed by atoms with Crippen molar-refractivity contribution in [1.29, 1.82) is 0 Å². The minimum atomic E-state index is 0.171. The van der Waals surface area contributed by atoms with Crippen LogP contribution >= 0.6 is 22.9 Å². The third kappa shape index (κ3) is 2.78. The van der Waals surface area contributed by atoms with Crippen LogP contribution < -0.4 is 0 Å². The van der Waals surface area contributed by atoms with Crippen LogP contribution in [0.25, 0.3) is 0 Å². The quantitative estimate of drug-likeness (QED) is 0.716. The van der Waals surface area contributed by atoms with Gasteiger partial charge in [-0.05, 0) is 18.8 Å². The molecule has 1 nitrogen and oxygen atoms in total. The Balaban J connectivity index is 2.03. The first-order chi connectivity index (χ1) is 7.47. The van der Waals surface area contributed by atoms with Crippen LogP contribution in [0.15, 0.2) is 5.38 Å². The Morgan fingerprint density at radius 3 is 2.69 bits per heavy atom. The van der Waals surface area contributed by atoms with Gasteiger partial charge in [-0.25, -0.2) is 4.98 Å². The van der Waals surface area contributed by atoms with E-state index in [0.29, 0.717) is 11.3 Å². The Hall–Kier alpha value is -0.0800. The van der Waals surface area contributed by atoms with Gasteiger partial charge in [0.1, 0.15) is 0 Å². The first-order valence-corrected chi connectivity index (χ1v) is 7.37. The zero-order valence-electron chi connectivity index (χ0n) is 10.3. The number of rotatable bonds is 2. The highest BCUT2D eigenvalue weighted by atomic mass is 35.5. The molecule has 1 aliphatic rings. The average Bonchev–Trinajstić information content (AvgIpc) is 2.76. The summed E-state index contributed by atoms with van der Waals surface area (Å²) in [6.07, 6.45) is 4.83. The molecule has 0 spiro atoms. The fourth-order valence-corrected chi connectivity index (χ4v) is 3.68. The summed E-state index contributed by atoms with van der Waals surface area (Å²) in [6.45, 7) is 6.64. The molecule has 2 atom stereocenters. The van der Waals surface area contributed by atoms with Gasteiger partial charge in [-0.3, -0.25) is 0 Å². The molecular weight excluding hydrogens is 238 g/mol. The third-order valence-electron chi connectivity index (χ3n) is 3.32. The van der Waals surface area contributed by atoms with E-state index in [0.717, 1.165) is 6.42 Å². The van der Waals surface area contributed by atoms with E-state index in [1.165, 1.54) is 30.0 Å². The van der Waals surface area contributed by atoms with Crippen molar-refractivity contribution in [1.82, 2.24) is 4.98 Å². The average molecular weight is 258 g/mol. The van der Waals surface area contributed by atoms with Gasteiger partial charge in [0.05, 0.1) is 10.7 Å². The second kappa shape index (κ2) is 4.66. The van der Waals surface area contributed by atoms with Crippen LogP contribution in [0.2, 0.25) is 0 Å². The number of thiazole rings is 1. The number of aromatic nitrogens is 1. The minimum absolute atomic E-state index is 0.171. The van der Waals surface area contributed by atoms with Crippen LogP contribution in [0.1, 0.15) is 50.7 Å². The van der Waals surface area contributed by atoms with Gasteiger partial charge in [0, 0.05) is 22.6 Å². The molecule has 90 valence electrons. The molecule has 0 aliphatic heterocycles. The van der Waals surface area contributed by atoms with Gasteiger partial charge >= 0.3 is 0 Å². The molecule has 0 bridgehead atoms. The van der Waals surface area contributed by atoms with E-state index in [1.807, 2.05) is 0 Å². The number of nitrogens with zero attached hydrogens (tertiary/aromatic N) is 1. The maximum absolute atomic E-state index is 6.30. The van der Waals surface area contributed by atoms with Gasteiger partial charge in [-0.2, -0.15) is 0 Å². The third-order valence-corrected chi connectivity index (χ3v) is 4.77. The van der Waals surface area contributed by atoms with E-state index in [4.69, 9.17) is 16.6 Å². The summed E-state index contributed by atoms with van der Waals surface area (Å²) in [5, 5.41) is 3.84. The Morgan fingerprint density at radius 2 is 2.19 bits per heavy atom. The largest absolute Gasteiger partial charge is 0.246 e. The zero-order chi connectivity index (χ0) is 11.8. The van der Waals surface area contributed by atoms with Gasteiger partial charge in [-0.15, -0.1) is 22.9 Å². The topological polar surface area (TPSA) is 12.9 Å². The van der Waals surface area contributed by atoms with Crippen molar-refractivity contribution in [2.75, 3.05) is 0 Å². The fourth-order valence-electron chi connectivity index (χ4n) is 2.19. The van der Waals surface area contributed by atoms with Crippen molar-refractivity contribution in [3.8, 4) is 0 Å². The number of hydrogen-bond donors (Lipinski definition) is 0. The number of halogens is 1. The summed E-state index contributed by atoms with van der Waals surface area (Å²) >= 11 is 8.10. The van der Waals surface area contributed by atoms with Crippen LogP contribution in [-0.4, -0.2) is 10.4 Å². The SMILES string of the molecule is CC(C)(C)c1csc(CC2CCCC2Cl)n1. The summed E-state index contributed by atoms with van der Waals surface area (Å²) in [5.41, 5.74) is 1.39. The highest BCUT2D eigenvalue weighted by Crippen LogP contribution is 2.34. The Morgan fingerprint density at radius 1 is 1.44 bits per heavy atom.